The molecule has 0 aliphatic heterocycles. The van der Waals surface area contributed by atoms with Crippen molar-refractivity contribution < 1.29 is 0 Å². The highest BCUT2D eigenvalue weighted by molar-refractivity contribution is 9.09. The first-order valence-corrected chi connectivity index (χ1v) is 4.83. The van der Waals surface area contributed by atoms with E-state index in [0.29, 0.717) is 10.2 Å². The molecule has 3 unspecified atom stereocenters. The van der Waals surface area contributed by atoms with Gasteiger partial charge in [0, 0.05) is 10.2 Å². The van der Waals surface area contributed by atoms with Crippen LogP contribution in [0.25, 0.3) is 0 Å². The van der Waals surface area contributed by atoms with Crippen LogP contribution in [0.15, 0.2) is 0 Å². The fourth-order valence-electron chi connectivity index (χ4n) is 1.27. The van der Waals surface area contributed by atoms with E-state index >= 15 is 0 Å². The van der Waals surface area contributed by atoms with Gasteiger partial charge in [-0.3, -0.25) is 0 Å². The van der Waals surface area contributed by atoms with Gasteiger partial charge in [-0.05, 0) is 25.2 Å². The molecule has 0 heterocycles. The molecule has 0 bridgehead atoms. The van der Waals surface area contributed by atoms with Crippen LogP contribution in [-0.2, 0) is 0 Å². The van der Waals surface area contributed by atoms with Crippen LogP contribution in [0.5, 0.6) is 0 Å². The second-order valence-corrected chi connectivity index (χ2v) is 4.69. The molecule has 0 aromatic carbocycles. The van der Waals surface area contributed by atoms with E-state index in [2.05, 4.69) is 22.9 Å². The molecule has 1 rings (SSSR count). The highest BCUT2D eigenvalue weighted by Gasteiger charge is 2.24. The molecule has 3 atom stereocenters. The predicted octanol–water partition coefficient (Wildman–Crippen LogP) is 3.18. The van der Waals surface area contributed by atoms with Crippen molar-refractivity contribution in [3.8, 4) is 0 Å². The minimum absolute atomic E-state index is 0.376. The molecule has 0 N–H and O–H groups in total. The van der Waals surface area contributed by atoms with Crippen molar-refractivity contribution in [2.45, 2.75) is 36.4 Å². The molecule has 1 fully saturated rings. The summed E-state index contributed by atoms with van der Waals surface area (Å²) in [6.45, 7) is 2.29. The third-order valence-corrected chi connectivity index (χ3v) is 3.79. The third kappa shape index (κ3) is 2.12. The third-order valence-electron chi connectivity index (χ3n) is 1.96. The van der Waals surface area contributed by atoms with Crippen molar-refractivity contribution in [3.05, 3.63) is 0 Å². The lowest BCUT2D eigenvalue weighted by Crippen LogP contribution is -2.23. The first-order valence-electron chi connectivity index (χ1n) is 3.48. The number of hydrogen-bond acceptors (Lipinski definition) is 0. The monoisotopic (exact) mass is 210 g/mol. The van der Waals surface area contributed by atoms with Gasteiger partial charge in [-0.1, -0.05) is 22.9 Å². The van der Waals surface area contributed by atoms with Gasteiger partial charge >= 0.3 is 0 Å². The van der Waals surface area contributed by atoms with Crippen LogP contribution in [0.2, 0.25) is 0 Å². The van der Waals surface area contributed by atoms with Crippen molar-refractivity contribution >= 4 is 27.5 Å². The molecule has 54 valence electrons. The highest BCUT2D eigenvalue weighted by atomic mass is 79.9. The van der Waals surface area contributed by atoms with Crippen molar-refractivity contribution in [2.75, 3.05) is 0 Å². The smallest absolute Gasteiger partial charge is 0.0461 e. The summed E-state index contributed by atoms with van der Waals surface area (Å²) >= 11 is 9.55. The van der Waals surface area contributed by atoms with Crippen LogP contribution in [0.4, 0.5) is 0 Å². The summed E-state index contributed by atoms with van der Waals surface area (Å²) in [6.07, 6.45) is 3.73. The minimum Gasteiger partial charge on any atom is -0.122 e. The van der Waals surface area contributed by atoms with Crippen molar-refractivity contribution in [3.63, 3.8) is 0 Å². The van der Waals surface area contributed by atoms with Crippen LogP contribution in [0.1, 0.15) is 26.2 Å². The molecule has 0 nitrogen and oxygen atoms in total. The van der Waals surface area contributed by atoms with Crippen LogP contribution >= 0.6 is 27.5 Å². The Bertz CT molecular complexity index is 94.9. The minimum atomic E-state index is 0.376. The van der Waals surface area contributed by atoms with Gasteiger partial charge in [-0.25, -0.2) is 0 Å². The average Bonchev–Trinajstić information content (AvgIpc) is 1.80. The average molecular weight is 212 g/mol. The van der Waals surface area contributed by atoms with Gasteiger partial charge in [0.25, 0.3) is 0 Å². The lowest BCUT2D eigenvalue weighted by atomic mass is 9.90. The first-order chi connectivity index (χ1) is 4.20. The van der Waals surface area contributed by atoms with Crippen LogP contribution in [0, 0.1) is 5.92 Å². The summed E-state index contributed by atoms with van der Waals surface area (Å²) in [6, 6.07) is 0. The summed E-state index contributed by atoms with van der Waals surface area (Å²) in [5, 5.41) is 0.376. The molecule has 0 aromatic heterocycles. The summed E-state index contributed by atoms with van der Waals surface area (Å²) in [5.74, 6) is 0.865. The van der Waals surface area contributed by atoms with E-state index in [1.165, 1.54) is 19.3 Å². The van der Waals surface area contributed by atoms with Gasteiger partial charge < -0.3 is 0 Å². The molecule has 1 saturated carbocycles. The van der Waals surface area contributed by atoms with E-state index in [-0.39, 0.29) is 0 Å². The molecular weight excluding hydrogens is 199 g/mol. The Hall–Kier alpha value is 0.770. The Morgan fingerprint density at radius 3 is 2.56 bits per heavy atom. The van der Waals surface area contributed by atoms with Crippen LogP contribution in [0.3, 0.4) is 0 Å². The fourth-order valence-corrected chi connectivity index (χ4v) is 2.41. The quantitative estimate of drug-likeness (QED) is 0.540. The van der Waals surface area contributed by atoms with Gasteiger partial charge in [0.05, 0.1) is 0 Å². The molecule has 1 aliphatic carbocycles. The van der Waals surface area contributed by atoms with Crippen molar-refractivity contribution in [1.82, 2.24) is 0 Å². The lowest BCUT2D eigenvalue weighted by Gasteiger charge is -2.26. The van der Waals surface area contributed by atoms with E-state index in [9.17, 15) is 0 Å². The molecule has 9 heavy (non-hydrogen) atoms. The zero-order chi connectivity index (χ0) is 6.85. The molecule has 2 heteroatoms. The lowest BCUT2D eigenvalue weighted by molar-refractivity contribution is 0.402. The van der Waals surface area contributed by atoms with Gasteiger partial charge in [0.2, 0.25) is 0 Å². The highest BCUT2D eigenvalue weighted by Crippen LogP contribution is 2.31. The fraction of sp³-hybridized carbons (Fsp3) is 1.00. The zero-order valence-electron chi connectivity index (χ0n) is 5.61. The van der Waals surface area contributed by atoms with E-state index in [4.69, 9.17) is 11.6 Å². The van der Waals surface area contributed by atoms with Crippen LogP contribution < -0.4 is 0 Å². The molecule has 0 amide bonds. The van der Waals surface area contributed by atoms with Crippen molar-refractivity contribution in [2.24, 2.45) is 5.92 Å². The van der Waals surface area contributed by atoms with E-state index in [1.807, 2.05) is 0 Å². The largest absolute Gasteiger partial charge is 0.122 e. The summed E-state index contributed by atoms with van der Waals surface area (Å²) in [7, 11) is 0. The molecule has 0 radical (unpaired) electrons. The van der Waals surface area contributed by atoms with Gasteiger partial charge in [0.1, 0.15) is 0 Å². The summed E-state index contributed by atoms with van der Waals surface area (Å²) < 4.78 is 0. The van der Waals surface area contributed by atoms with Gasteiger partial charge in [-0.15, -0.1) is 11.6 Å². The SMILES string of the molecule is CC1CCC(Cl)C(Br)C1. The predicted molar refractivity (Wildman–Crippen MR) is 45.4 cm³/mol. The maximum Gasteiger partial charge on any atom is 0.0461 e. The van der Waals surface area contributed by atoms with E-state index < -0.39 is 0 Å². The maximum atomic E-state index is 5.99. The molecule has 1 aliphatic rings. The number of hydrogen-bond donors (Lipinski definition) is 0. The van der Waals surface area contributed by atoms with Crippen LogP contribution in [-0.4, -0.2) is 10.2 Å². The Kier molecular flexibility index (Phi) is 2.84. The molecule has 0 spiro atoms. The maximum absolute atomic E-state index is 5.99. The first kappa shape index (κ1) is 7.87. The Balaban J connectivity index is 2.35. The Labute approximate surface area is 70.1 Å². The van der Waals surface area contributed by atoms with E-state index in [0.717, 1.165) is 5.92 Å². The standard InChI is InChI=1S/C7H12BrCl/c1-5-2-3-7(9)6(8)4-5/h5-7H,2-4H2,1H3. The normalized spacial score (nSPS) is 45.0. The van der Waals surface area contributed by atoms with Gasteiger partial charge in [-0.2, -0.15) is 0 Å². The zero-order valence-corrected chi connectivity index (χ0v) is 7.95. The second kappa shape index (κ2) is 3.25. The Morgan fingerprint density at radius 1 is 1.44 bits per heavy atom. The van der Waals surface area contributed by atoms with E-state index in [1.54, 1.807) is 0 Å². The second-order valence-electron chi connectivity index (χ2n) is 2.95. The topological polar surface area (TPSA) is 0 Å². The number of rotatable bonds is 0. The number of alkyl halides is 2. The Morgan fingerprint density at radius 2 is 2.11 bits per heavy atom. The van der Waals surface area contributed by atoms with Gasteiger partial charge in [0.15, 0.2) is 0 Å². The summed E-state index contributed by atoms with van der Waals surface area (Å²) in [5.41, 5.74) is 0. The number of halogens is 2. The summed E-state index contributed by atoms with van der Waals surface area (Å²) in [4.78, 5) is 0.558. The van der Waals surface area contributed by atoms with Crippen molar-refractivity contribution in [1.29, 1.82) is 0 Å². The molecule has 0 saturated heterocycles. The molecular formula is C7H12BrCl. The molecule has 0 aromatic rings.